The first-order valence-electron chi connectivity index (χ1n) is 21.4. The van der Waals surface area contributed by atoms with Crippen molar-refractivity contribution in [3.63, 3.8) is 0 Å². The Bertz CT molecular complexity index is 2230. The maximum Gasteiger partial charge on any atom is 0.255 e. The molecule has 2 aromatic carbocycles. The van der Waals surface area contributed by atoms with Gasteiger partial charge in [-0.05, 0) is 126 Å². The van der Waals surface area contributed by atoms with Crippen LogP contribution in [0.2, 0.25) is 0 Å². The second-order valence-electron chi connectivity index (χ2n) is 16.7. The maximum atomic E-state index is 15.2. The van der Waals surface area contributed by atoms with Gasteiger partial charge in [-0.3, -0.25) is 29.1 Å². The fraction of sp³-hybridized carbons (Fsp3) is 0.467. The molecule has 1 atom stereocenters. The third-order valence-corrected chi connectivity index (χ3v) is 12.7. The van der Waals surface area contributed by atoms with Gasteiger partial charge in [-0.2, -0.15) is 0 Å². The molecule has 3 aliphatic heterocycles. The lowest BCUT2D eigenvalue weighted by atomic mass is 9.89. The molecule has 1 saturated carbocycles. The van der Waals surface area contributed by atoms with E-state index in [1.165, 1.54) is 22.9 Å². The average molecular weight is 822 g/mol. The Balaban J connectivity index is 0.727. The minimum absolute atomic E-state index is 0.0194. The molecule has 316 valence electrons. The molecule has 4 aromatic rings. The van der Waals surface area contributed by atoms with Gasteiger partial charge < -0.3 is 25.8 Å². The monoisotopic (exact) mass is 821 g/mol. The molecule has 2 aromatic heterocycles. The molecule has 5 heterocycles. The molecule has 4 fully saturated rings. The SMILES string of the molecule is O=C1CCC(Nc2ccc(N3CCC(CCN4CCC(C(=O)NC5CCC(Nc6ncc(F)c(-c7cccc(-n8ccccc8=O)c7)n6)CC5)CC4)CC3)c(F)c2)C(=O)N1. The lowest BCUT2D eigenvalue weighted by Crippen LogP contribution is -2.47. The summed E-state index contributed by atoms with van der Waals surface area (Å²) in [5, 5.41) is 12.1. The van der Waals surface area contributed by atoms with Gasteiger partial charge >= 0.3 is 0 Å². The predicted octanol–water partition coefficient (Wildman–Crippen LogP) is 5.65. The second kappa shape index (κ2) is 18.7. The van der Waals surface area contributed by atoms with E-state index >= 15 is 4.39 Å². The summed E-state index contributed by atoms with van der Waals surface area (Å²) >= 11 is 0. The number of nitrogens with zero attached hydrogens (tertiary/aromatic N) is 5. The summed E-state index contributed by atoms with van der Waals surface area (Å²) in [5.74, 6) is -0.438. The highest BCUT2D eigenvalue weighted by Crippen LogP contribution is 2.31. The number of amides is 3. The minimum Gasteiger partial charge on any atom is -0.374 e. The molecule has 60 heavy (non-hydrogen) atoms. The van der Waals surface area contributed by atoms with Crippen LogP contribution in [0.3, 0.4) is 0 Å². The van der Waals surface area contributed by atoms with Crippen LogP contribution in [0, 0.1) is 23.5 Å². The van der Waals surface area contributed by atoms with Crippen LogP contribution >= 0.6 is 0 Å². The summed E-state index contributed by atoms with van der Waals surface area (Å²) in [6.45, 7) is 4.40. The molecule has 3 amide bonds. The third-order valence-electron chi connectivity index (χ3n) is 12.7. The normalized spacial score (nSPS) is 22.0. The number of imide groups is 1. The lowest BCUT2D eigenvalue weighted by molar-refractivity contribution is -0.133. The minimum atomic E-state index is -0.552. The fourth-order valence-electron chi connectivity index (χ4n) is 9.10. The smallest absolute Gasteiger partial charge is 0.255 e. The molecule has 0 radical (unpaired) electrons. The molecule has 0 spiro atoms. The standard InChI is InChI=1S/C45H53F2N9O4/c46-36-27-34(49-38-12-14-40(57)52-44(38)60)11-13-39(36)55-24-16-29(17-25-55)15-21-54-22-18-30(19-23-54)43(59)50-32-7-9-33(10-8-32)51-45-48-28-37(47)42(53-45)31-4-3-5-35(26-31)56-20-2-1-6-41(56)58/h1-6,11,13,20,26-30,32-33,38,49H,7-10,12,14-19,21-25H2,(H,50,59)(H,48,51,53)(H,52,57,60). The third kappa shape index (κ3) is 10.0. The molecule has 4 aliphatic rings. The number of nitrogens with one attached hydrogen (secondary N) is 4. The molecular weight excluding hydrogens is 769 g/mol. The number of anilines is 3. The van der Waals surface area contributed by atoms with Crippen LogP contribution in [0.25, 0.3) is 16.9 Å². The molecule has 1 unspecified atom stereocenters. The highest BCUT2D eigenvalue weighted by molar-refractivity contribution is 6.01. The molecule has 4 N–H and O–H groups in total. The number of pyridine rings is 1. The highest BCUT2D eigenvalue weighted by Gasteiger charge is 2.30. The van der Waals surface area contributed by atoms with Gasteiger partial charge in [0, 0.05) is 66.7 Å². The highest BCUT2D eigenvalue weighted by atomic mass is 19.1. The number of hydrogen-bond donors (Lipinski definition) is 4. The fourth-order valence-corrected chi connectivity index (χ4v) is 9.10. The Morgan fingerprint density at radius 1 is 0.800 bits per heavy atom. The van der Waals surface area contributed by atoms with E-state index in [2.05, 4.69) is 41.0 Å². The molecule has 3 saturated heterocycles. The topological polar surface area (TPSA) is 154 Å². The largest absolute Gasteiger partial charge is 0.374 e. The number of likely N-dealkylation sites (tertiary alicyclic amines) is 1. The summed E-state index contributed by atoms with van der Waals surface area (Å²) in [5.41, 5.74) is 2.24. The van der Waals surface area contributed by atoms with Crippen LogP contribution in [0.15, 0.2) is 77.9 Å². The van der Waals surface area contributed by atoms with Gasteiger partial charge in [0.05, 0.1) is 11.9 Å². The second-order valence-corrected chi connectivity index (χ2v) is 16.7. The van der Waals surface area contributed by atoms with Crippen molar-refractivity contribution in [2.45, 2.75) is 88.8 Å². The first-order chi connectivity index (χ1) is 29.1. The molecule has 1 aliphatic carbocycles. The average Bonchev–Trinajstić information content (AvgIpc) is 3.26. The van der Waals surface area contributed by atoms with Gasteiger partial charge in [-0.1, -0.05) is 18.2 Å². The van der Waals surface area contributed by atoms with Crippen molar-refractivity contribution in [1.82, 2.24) is 30.1 Å². The maximum absolute atomic E-state index is 15.2. The van der Waals surface area contributed by atoms with Crippen molar-refractivity contribution in [2.75, 3.05) is 48.3 Å². The van der Waals surface area contributed by atoms with Gasteiger partial charge in [-0.25, -0.2) is 18.7 Å². The van der Waals surface area contributed by atoms with Gasteiger partial charge in [-0.15, -0.1) is 0 Å². The number of hydrogen-bond acceptors (Lipinski definition) is 10. The summed E-state index contributed by atoms with van der Waals surface area (Å²) in [7, 11) is 0. The van der Waals surface area contributed by atoms with Crippen LogP contribution in [-0.2, 0) is 14.4 Å². The van der Waals surface area contributed by atoms with Gasteiger partial charge in [0.1, 0.15) is 17.6 Å². The first-order valence-corrected chi connectivity index (χ1v) is 21.4. The van der Waals surface area contributed by atoms with Gasteiger partial charge in [0.15, 0.2) is 5.82 Å². The Morgan fingerprint density at radius 2 is 1.58 bits per heavy atom. The van der Waals surface area contributed by atoms with E-state index in [9.17, 15) is 23.6 Å². The number of aromatic nitrogens is 3. The number of benzene rings is 2. The van der Waals surface area contributed by atoms with E-state index in [-0.39, 0.29) is 59.2 Å². The van der Waals surface area contributed by atoms with Crippen LogP contribution in [0.5, 0.6) is 0 Å². The van der Waals surface area contributed by atoms with Crippen molar-refractivity contribution in [1.29, 1.82) is 0 Å². The Labute approximate surface area is 348 Å². The van der Waals surface area contributed by atoms with Crippen molar-refractivity contribution in [2.24, 2.45) is 11.8 Å². The van der Waals surface area contributed by atoms with E-state index in [4.69, 9.17) is 0 Å². The van der Waals surface area contributed by atoms with Crippen molar-refractivity contribution < 1.29 is 23.2 Å². The quantitative estimate of drug-likeness (QED) is 0.132. The zero-order valence-corrected chi connectivity index (χ0v) is 33.8. The molecular formula is C45H53F2N9O4. The van der Waals surface area contributed by atoms with Crippen LogP contribution in [-0.4, -0.2) is 88.0 Å². The van der Waals surface area contributed by atoms with Crippen molar-refractivity contribution in [3.05, 3.63) is 95.0 Å². The number of rotatable bonds is 12. The van der Waals surface area contributed by atoms with Crippen LogP contribution in [0.1, 0.15) is 70.6 Å². The molecule has 15 heteroatoms. The predicted molar refractivity (Wildman–Crippen MR) is 226 cm³/mol. The number of carbonyl (C=O) groups is 3. The number of piperidine rings is 3. The number of carbonyl (C=O) groups excluding carboxylic acids is 3. The van der Waals surface area contributed by atoms with E-state index in [1.54, 1.807) is 54.7 Å². The van der Waals surface area contributed by atoms with E-state index in [0.29, 0.717) is 40.9 Å². The van der Waals surface area contributed by atoms with Crippen molar-refractivity contribution >= 4 is 35.0 Å². The Hall–Kier alpha value is -5.70. The van der Waals surface area contributed by atoms with E-state index in [1.807, 2.05) is 0 Å². The molecule has 0 bridgehead atoms. The van der Waals surface area contributed by atoms with Gasteiger partial charge in [0.2, 0.25) is 23.7 Å². The lowest BCUT2D eigenvalue weighted by Gasteiger charge is -2.36. The van der Waals surface area contributed by atoms with Crippen molar-refractivity contribution in [3.8, 4) is 16.9 Å². The van der Waals surface area contributed by atoms with Crippen LogP contribution < -0.4 is 31.7 Å². The zero-order chi connectivity index (χ0) is 41.6. The molecule has 13 nitrogen and oxygen atoms in total. The van der Waals surface area contributed by atoms with Gasteiger partial charge in [0.25, 0.3) is 5.56 Å². The zero-order valence-electron chi connectivity index (χ0n) is 33.8. The summed E-state index contributed by atoms with van der Waals surface area (Å²) in [6, 6.07) is 16.7. The van der Waals surface area contributed by atoms with E-state index < -0.39 is 11.9 Å². The Morgan fingerprint density at radius 3 is 2.33 bits per heavy atom. The molecule has 8 rings (SSSR count). The summed E-state index contributed by atoms with van der Waals surface area (Å²) < 4.78 is 31.6. The first kappa shape index (κ1) is 41.1. The number of halogens is 2. The Kier molecular flexibility index (Phi) is 12.8. The van der Waals surface area contributed by atoms with E-state index in [0.717, 1.165) is 90.5 Å². The summed E-state index contributed by atoms with van der Waals surface area (Å²) in [4.78, 5) is 62.5. The summed E-state index contributed by atoms with van der Waals surface area (Å²) in [6.07, 6.45) is 11.6. The van der Waals surface area contributed by atoms with Crippen LogP contribution in [0.4, 0.5) is 26.1 Å².